The largest absolute Gasteiger partial charge is 0.493 e. The van der Waals surface area contributed by atoms with Crippen LogP contribution < -0.4 is 9.64 Å². The molecular weight excluding hydrogens is 382 g/mol. The summed E-state index contributed by atoms with van der Waals surface area (Å²) in [6.07, 6.45) is 2.39. The fourth-order valence-corrected chi connectivity index (χ4v) is 4.11. The van der Waals surface area contributed by atoms with Gasteiger partial charge < -0.3 is 9.64 Å². The van der Waals surface area contributed by atoms with Crippen LogP contribution >= 0.6 is 11.8 Å². The Morgan fingerprint density at radius 2 is 1.90 bits per heavy atom. The first-order valence-corrected chi connectivity index (χ1v) is 10.8. The zero-order chi connectivity index (χ0) is 20.1. The van der Waals surface area contributed by atoms with E-state index < -0.39 is 0 Å². The van der Waals surface area contributed by atoms with Crippen LogP contribution in [0.2, 0.25) is 0 Å². The Kier molecular flexibility index (Phi) is 6.01. The number of hydrogen-bond donors (Lipinski definition) is 0. The van der Waals surface area contributed by atoms with Gasteiger partial charge in [-0.1, -0.05) is 35.5 Å². The first-order chi connectivity index (χ1) is 14.2. The predicted molar refractivity (Wildman–Crippen MR) is 115 cm³/mol. The third kappa shape index (κ3) is 4.54. The Bertz CT molecular complexity index is 1000. The van der Waals surface area contributed by atoms with Gasteiger partial charge in [-0.2, -0.15) is 5.26 Å². The molecule has 0 bridgehead atoms. The second kappa shape index (κ2) is 9.01. The molecule has 148 valence electrons. The highest BCUT2D eigenvalue weighted by atomic mass is 32.2. The number of ether oxygens (including phenoxy) is 1. The zero-order valence-electron chi connectivity index (χ0n) is 16.4. The Morgan fingerprint density at radius 3 is 2.66 bits per heavy atom. The number of hydrogen-bond acceptors (Lipinski definition) is 6. The van der Waals surface area contributed by atoms with Crippen LogP contribution in [0, 0.1) is 18.3 Å². The van der Waals surface area contributed by atoms with Crippen LogP contribution in [0.5, 0.6) is 5.75 Å². The van der Waals surface area contributed by atoms with Gasteiger partial charge >= 0.3 is 0 Å². The van der Waals surface area contributed by atoms with Gasteiger partial charge in [0, 0.05) is 18.8 Å². The quantitative estimate of drug-likeness (QED) is 0.433. The maximum Gasteiger partial charge on any atom is 0.232 e. The van der Waals surface area contributed by atoms with Gasteiger partial charge in [0.25, 0.3) is 0 Å². The SMILES string of the molecule is Cc1ccc(-n2c(SCCOc3cccc(C#N)c3)nnc2N2CCCC2)cc1. The van der Waals surface area contributed by atoms with Crippen molar-refractivity contribution in [2.24, 2.45) is 0 Å². The Morgan fingerprint density at radius 1 is 1.10 bits per heavy atom. The summed E-state index contributed by atoms with van der Waals surface area (Å²) in [7, 11) is 0. The zero-order valence-corrected chi connectivity index (χ0v) is 17.2. The molecule has 0 unspecified atom stereocenters. The van der Waals surface area contributed by atoms with E-state index in [1.165, 1.54) is 18.4 Å². The molecule has 0 saturated carbocycles. The van der Waals surface area contributed by atoms with Crippen LogP contribution in [0.25, 0.3) is 5.69 Å². The van der Waals surface area contributed by atoms with Crippen LogP contribution in [0.4, 0.5) is 5.95 Å². The summed E-state index contributed by atoms with van der Waals surface area (Å²) in [5.74, 6) is 2.36. The van der Waals surface area contributed by atoms with Gasteiger partial charge in [0.05, 0.1) is 23.9 Å². The van der Waals surface area contributed by atoms with Crippen molar-refractivity contribution in [2.45, 2.75) is 24.9 Å². The summed E-state index contributed by atoms with van der Waals surface area (Å²) in [4.78, 5) is 2.31. The molecule has 7 heteroatoms. The highest BCUT2D eigenvalue weighted by molar-refractivity contribution is 7.99. The second-order valence-corrected chi connectivity index (χ2v) is 8.05. The summed E-state index contributed by atoms with van der Waals surface area (Å²) < 4.78 is 7.94. The molecule has 0 atom stereocenters. The normalized spacial score (nSPS) is 13.4. The molecule has 29 heavy (non-hydrogen) atoms. The number of nitrogens with zero attached hydrogens (tertiary/aromatic N) is 5. The van der Waals surface area contributed by atoms with Gasteiger partial charge in [-0.3, -0.25) is 4.57 Å². The first kappa shape index (κ1) is 19.3. The van der Waals surface area contributed by atoms with Crippen molar-refractivity contribution < 1.29 is 4.74 Å². The fourth-order valence-electron chi connectivity index (χ4n) is 3.35. The number of thioether (sulfide) groups is 1. The van der Waals surface area contributed by atoms with E-state index in [1.807, 2.05) is 12.1 Å². The van der Waals surface area contributed by atoms with E-state index >= 15 is 0 Å². The maximum atomic E-state index is 9.00. The topological polar surface area (TPSA) is 67.0 Å². The van der Waals surface area contributed by atoms with E-state index in [9.17, 15) is 0 Å². The molecule has 3 aromatic rings. The minimum atomic E-state index is 0.527. The van der Waals surface area contributed by atoms with E-state index in [0.29, 0.717) is 17.9 Å². The molecule has 1 fully saturated rings. The van der Waals surface area contributed by atoms with Gasteiger partial charge in [0.1, 0.15) is 5.75 Å². The highest BCUT2D eigenvalue weighted by Gasteiger charge is 2.22. The number of nitriles is 1. The van der Waals surface area contributed by atoms with E-state index in [0.717, 1.165) is 35.6 Å². The number of rotatable bonds is 7. The molecule has 0 aliphatic carbocycles. The lowest BCUT2D eigenvalue weighted by molar-refractivity contribution is 0.344. The average Bonchev–Trinajstić information content (AvgIpc) is 3.42. The number of benzene rings is 2. The van der Waals surface area contributed by atoms with Crippen LogP contribution in [0.1, 0.15) is 24.0 Å². The van der Waals surface area contributed by atoms with Gasteiger partial charge in [-0.05, 0) is 50.1 Å². The molecule has 1 aliphatic rings. The van der Waals surface area contributed by atoms with Crippen LogP contribution in [0.3, 0.4) is 0 Å². The van der Waals surface area contributed by atoms with Gasteiger partial charge in [0.2, 0.25) is 5.95 Å². The predicted octanol–water partition coefficient (Wildman–Crippen LogP) is 4.22. The van der Waals surface area contributed by atoms with Crippen LogP contribution in [-0.4, -0.2) is 40.2 Å². The monoisotopic (exact) mass is 405 g/mol. The molecule has 0 amide bonds. The van der Waals surface area contributed by atoms with Gasteiger partial charge in [-0.25, -0.2) is 0 Å². The van der Waals surface area contributed by atoms with E-state index in [-0.39, 0.29) is 0 Å². The van der Waals surface area contributed by atoms with Crippen LogP contribution in [0.15, 0.2) is 53.7 Å². The van der Waals surface area contributed by atoms with Crippen molar-refractivity contribution in [1.29, 1.82) is 5.26 Å². The maximum absolute atomic E-state index is 9.00. The van der Waals surface area contributed by atoms with E-state index in [2.05, 4.69) is 56.9 Å². The van der Waals surface area contributed by atoms with Crippen molar-refractivity contribution in [1.82, 2.24) is 14.8 Å². The molecule has 4 rings (SSSR count). The van der Waals surface area contributed by atoms with Crippen LogP contribution in [-0.2, 0) is 0 Å². The summed E-state index contributed by atoms with van der Waals surface area (Å²) in [5, 5.41) is 18.8. The standard InChI is InChI=1S/C22H23N5OS/c1-17-7-9-19(10-8-17)27-21(26-11-2-3-12-26)24-25-22(27)29-14-13-28-20-6-4-5-18(15-20)16-23/h4-10,15H,2-3,11-14H2,1H3. The van der Waals surface area contributed by atoms with E-state index in [1.54, 1.807) is 23.9 Å². The lowest BCUT2D eigenvalue weighted by Crippen LogP contribution is -2.22. The third-order valence-electron chi connectivity index (χ3n) is 4.84. The third-order valence-corrected chi connectivity index (χ3v) is 5.74. The van der Waals surface area contributed by atoms with Crippen molar-refractivity contribution >= 4 is 17.7 Å². The molecule has 2 heterocycles. The molecule has 2 aromatic carbocycles. The highest BCUT2D eigenvalue weighted by Crippen LogP contribution is 2.28. The molecular formula is C22H23N5OS. The number of aryl methyl sites for hydroxylation is 1. The number of aromatic nitrogens is 3. The lowest BCUT2D eigenvalue weighted by atomic mass is 10.2. The van der Waals surface area contributed by atoms with Crippen molar-refractivity contribution in [3.8, 4) is 17.5 Å². The first-order valence-electron chi connectivity index (χ1n) is 9.78. The molecule has 0 N–H and O–H groups in total. The van der Waals surface area contributed by atoms with Gasteiger partial charge in [-0.15, -0.1) is 10.2 Å². The average molecular weight is 406 g/mol. The Labute approximate surface area is 175 Å². The van der Waals surface area contributed by atoms with Crippen molar-refractivity contribution in [3.05, 3.63) is 59.7 Å². The molecule has 6 nitrogen and oxygen atoms in total. The smallest absolute Gasteiger partial charge is 0.232 e. The van der Waals surface area contributed by atoms with Crippen molar-refractivity contribution in [2.75, 3.05) is 30.3 Å². The summed E-state index contributed by atoms with van der Waals surface area (Å²) >= 11 is 1.63. The minimum absolute atomic E-state index is 0.527. The minimum Gasteiger partial charge on any atom is -0.493 e. The summed E-state index contributed by atoms with van der Waals surface area (Å²) in [5.41, 5.74) is 2.91. The molecule has 0 radical (unpaired) electrons. The summed E-state index contributed by atoms with van der Waals surface area (Å²) in [6, 6.07) is 17.8. The molecule has 1 saturated heterocycles. The number of anilines is 1. The second-order valence-electron chi connectivity index (χ2n) is 6.98. The Balaban J connectivity index is 1.48. The summed E-state index contributed by atoms with van der Waals surface area (Å²) in [6.45, 7) is 4.66. The molecule has 1 aromatic heterocycles. The van der Waals surface area contributed by atoms with E-state index in [4.69, 9.17) is 10.00 Å². The lowest BCUT2D eigenvalue weighted by Gasteiger charge is -2.18. The Hall–Kier alpha value is -2.98. The van der Waals surface area contributed by atoms with Gasteiger partial charge in [0.15, 0.2) is 5.16 Å². The molecule has 1 aliphatic heterocycles. The fraction of sp³-hybridized carbons (Fsp3) is 0.318. The molecule has 0 spiro atoms. The van der Waals surface area contributed by atoms with Crippen molar-refractivity contribution in [3.63, 3.8) is 0 Å².